The molecule has 20 heavy (non-hydrogen) atoms. The highest BCUT2D eigenvalue weighted by atomic mass is 14.0. The maximum absolute atomic E-state index is 2.18. The summed E-state index contributed by atoms with van der Waals surface area (Å²) in [6.45, 7) is 0. The minimum Gasteiger partial charge on any atom is -0.0622 e. The van der Waals surface area contributed by atoms with E-state index in [0.717, 1.165) is 0 Å². The van der Waals surface area contributed by atoms with Crippen molar-refractivity contribution in [3.05, 3.63) is 96.1 Å². The van der Waals surface area contributed by atoms with E-state index in [9.17, 15) is 0 Å². The van der Waals surface area contributed by atoms with Crippen molar-refractivity contribution in [1.82, 2.24) is 0 Å². The standard InChI is InChI=1S/C20H16/c1-3-9-17(10-4-1)15-16-19-13-7-8-14-20(19)18-11-5-2-6-12-18/h1-16H. The van der Waals surface area contributed by atoms with Gasteiger partial charge in [0.25, 0.3) is 0 Å². The normalized spacial score (nSPS) is 10.8. The highest BCUT2D eigenvalue weighted by Gasteiger charge is 2.00. The first-order chi connectivity index (χ1) is 9.93. The Balaban J connectivity index is 1.97. The van der Waals surface area contributed by atoms with Crippen LogP contribution in [0.25, 0.3) is 23.3 Å². The smallest absolute Gasteiger partial charge is 0.0111 e. The van der Waals surface area contributed by atoms with Gasteiger partial charge in [-0.2, -0.15) is 0 Å². The molecule has 0 aliphatic carbocycles. The third kappa shape index (κ3) is 2.86. The molecular formula is C20H16. The molecule has 0 unspecified atom stereocenters. The molecule has 0 spiro atoms. The van der Waals surface area contributed by atoms with Crippen LogP contribution in [0.4, 0.5) is 0 Å². The van der Waals surface area contributed by atoms with E-state index >= 15 is 0 Å². The van der Waals surface area contributed by atoms with Crippen LogP contribution in [-0.4, -0.2) is 0 Å². The summed E-state index contributed by atoms with van der Waals surface area (Å²) >= 11 is 0. The van der Waals surface area contributed by atoms with E-state index in [0.29, 0.717) is 0 Å². The molecule has 0 fully saturated rings. The van der Waals surface area contributed by atoms with E-state index in [2.05, 4.69) is 84.9 Å². The van der Waals surface area contributed by atoms with E-state index in [-0.39, 0.29) is 0 Å². The molecule has 3 aromatic rings. The number of benzene rings is 3. The van der Waals surface area contributed by atoms with Crippen molar-refractivity contribution in [2.24, 2.45) is 0 Å². The van der Waals surface area contributed by atoms with Crippen LogP contribution in [0.2, 0.25) is 0 Å². The van der Waals surface area contributed by atoms with E-state index in [4.69, 9.17) is 0 Å². The molecule has 0 saturated carbocycles. The van der Waals surface area contributed by atoms with Gasteiger partial charge in [0, 0.05) is 0 Å². The number of hydrogen-bond donors (Lipinski definition) is 0. The molecule has 0 aliphatic rings. The van der Waals surface area contributed by atoms with Crippen LogP contribution in [0.5, 0.6) is 0 Å². The highest BCUT2D eigenvalue weighted by molar-refractivity contribution is 5.80. The molecule has 0 saturated heterocycles. The minimum atomic E-state index is 1.22. The van der Waals surface area contributed by atoms with Gasteiger partial charge in [-0.05, 0) is 22.3 Å². The second kappa shape index (κ2) is 6.03. The van der Waals surface area contributed by atoms with Crippen LogP contribution in [-0.2, 0) is 0 Å². The van der Waals surface area contributed by atoms with Crippen molar-refractivity contribution in [3.63, 3.8) is 0 Å². The Hall–Kier alpha value is -2.60. The molecule has 0 nitrogen and oxygen atoms in total. The summed E-state index contributed by atoms with van der Waals surface area (Å²) in [6.07, 6.45) is 4.33. The molecule has 3 aromatic carbocycles. The first-order valence-electron chi connectivity index (χ1n) is 6.81. The van der Waals surface area contributed by atoms with Gasteiger partial charge < -0.3 is 0 Å². The fourth-order valence-corrected chi connectivity index (χ4v) is 2.27. The van der Waals surface area contributed by atoms with Gasteiger partial charge in [0.15, 0.2) is 0 Å². The summed E-state index contributed by atoms with van der Waals surface area (Å²) in [5, 5.41) is 0. The lowest BCUT2D eigenvalue weighted by Crippen LogP contribution is -1.82. The Morgan fingerprint density at radius 1 is 0.500 bits per heavy atom. The molecule has 0 radical (unpaired) electrons. The van der Waals surface area contributed by atoms with E-state index in [1.165, 1.54) is 22.3 Å². The Morgan fingerprint density at radius 3 is 1.85 bits per heavy atom. The molecule has 0 amide bonds. The first-order valence-corrected chi connectivity index (χ1v) is 6.81. The Morgan fingerprint density at radius 2 is 1.10 bits per heavy atom. The molecule has 0 bridgehead atoms. The van der Waals surface area contributed by atoms with Crippen LogP contribution >= 0.6 is 0 Å². The lowest BCUT2D eigenvalue weighted by Gasteiger charge is -2.06. The second-order valence-electron chi connectivity index (χ2n) is 4.70. The Labute approximate surface area is 120 Å². The molecule has 0 aromatic heterocycles. The third-order valence-corrected chi connectivity index (χ3v) is 3.30. The largest absolute Gasteiger partial charge is 0.0622 e. The number of hydrogen-bond acceptors (Lipinski definition) is 0. The molecule has 0 aliphatic heterocycles. The summed E-state index contributed by atoms with van der Waals surface area (Å²) in [5.74, 6) is 0. The average molecular weight is 256 g/mol. The molecule has 3 rings (SSSR count). The van der Waals surface area contributed by atoms with Crippen LogP contribution in [0.1, 0.15) is 11.1 Å². The van der Waals surface area contributed by atoms with Crippen molar-refractivity contribution in [2.75, 3.05) is 0 Å². The van der Waals surface area contributed by atoms with Gasteiger partial charge in [0.2, 0.25) is 0 Å². The van der Waals surface area contributed by atoms with Gasteiger partial charge in [0.05, 0.1) is 0 Å². The fourth-order valence-electron chi connectivity index (χ4n) is 2.27. The number of rotatable bonds is 3. The third-order valence-electron chi connectivity index (χ3n) is 3.30. The van der Waals surface area contributed by atoms with Crippen molar-refractivity contribution in [3.8, 4) is 11.1 Å². The van der Waals surface area contributed by atoms with E-state index in [1.54, 1.807) is 0 Å². The summed E-state index contributed by atoms with van der Waals surface area (Å²) < 4.78 is 0. The van der Waals surface area contributed by atoms with Crippen LogP contribution in [0.15, 0.2) is 84.9 Å². The van der Waals surface area contributed by atoms with Crippen LogP contribution in [0.3, 0.4) is 0 Å². The molecule has 0 heterocycles. The maximum atomic E-state index is 2.18. The first kappa shape index (κ1) is 12.4. The summed E-state index contributed by atoms with van der Waals surface area (Å²) in [4.78, 5) is 0. The zero-order chi connectivity index (χ0) is 13.6. The molecule has 0 N–H and O–H groups in total. The SMILES string of the molecule is C(=Cc1ccccc1-c1ccccc1)c1ccccc1. The zero-order valence-electron chi connectivity index (χ0n) is 11.2. The molecule has 96 valence electrons. The fraction of sp³-hybridized carbons (Fsp3) is 0. The van der Waals surface area contributed by atoms with E-state index in [1.807, 2.05) is 12.1 Å². The van der Waals surface area contributed by atoms with Crippen molar-refractivity contribution < 1.29 is 0 Å². The highest BCUT2D eigenvalue weighted by Crippen LogP contribution is 2.24. The zero-order valence-corrected chi connectivity index (χ0v) is 11.2. The topological polar surface area (TPSA) is 0 Å². The lowest BCUT2D eigenvalue weighted by molar-refractivity contribution is 1.59. The van der Waals surface area contributed by atoms with Gasteiger partial charge in [-0.1, -0.05) is 97.1 Å². The van der Waals surface area contributed by atoms with E-state index < -0.39 is 0 Å². The van der Waals surface area contributed by atoms with Crippen molar-refractivity contribution >= 4 is 12.2 Å². The van der Waals surface area contributed by atoms with Gasteiger partial charge >= 0.3 is 0 Å². The quantitative estimate of drug-likeness (QED) is 0.541. The van der Waals surface area contributed by atoms with Gasteiger partial charge in [-0.3, -0.25) is 0 Å². The van der Waals surface area contributed by atoms with Gasteiger partial charge in [-0.15, -0.1) is 0 Å². The molecular weight excluding hydrogens is 240 g/mol. The van der Waals surface area contributed by atoms with Crippen LogP contribution < -0.4 is 0 Å². The van der Waals surface area contributed by atoms with Gasteiger partial charge in [0.1, 0.15) is 0 Å². The maximum Gasteiger partial charge on any atom is -0.0111 e. The monoisotopic (exact) mass is 256 g/mol. The Kier molecular flexibility index (Phi) is 3.75. The van der Waals surface area contributed by atoms with Crippen LogP contribution in [0, 0.1) is 0 Å². The summed E-state index contributed by atoms with van der Waals surface area (Å²) in [7, 11) is 0. The average Bonchev–Trinajstić information content (AvgIpc) is 2.55. The summed E-state index contributed by atoms with van der Waals surface area (Å²) in [6, 6.07) is 29.4. The minimum absolute atomic E-state index is 1.22. The molecule has 0 heteroatoms. The molecule has 0 atom stereocenters. The van der Waals surface area contributed by atoms with Gasteiger partial charge in [-0.25, -0.2) is 0 Å². The Bertz CT molecular complexity index is 694. The predicted octanol–water partition coefficient (Wildman–Crippen LogP) is 5.52. The predicted molar refractivity (Wildman–Crippen MR) is 87.2 cm³/mol. The van der Waals surface area contributed by atoms with Crippen molar-refractivity contribution in [1.29, 1.82) is 0 Å². The summed E-state index contributed by atoms with van der Waals surface area (Å²) in [5.41, 5.74) is 4.97. The second-order valence-corrected chi connectivity index (χ2v) is 4.70. The lowest BCUT2D eigenvalue weighted by atomic mass is 9.99. The van der Waals surface area contributed by atoms with Crippen molar-refractivity contribution in [2.45, 2.75) is 0 Å².